The second-order valence-electron chi connectivity index (χ2n) is 1.05. The second kappa shape index (κ2) is 5.22. The zero-order chi connectivity index (χ0) is 4.83. The predicted molar refractivity (Wildman–Crippen MR) is 33.2 cm³/mol. The Balaban J connectivity index is 2.66. The minimum absolute atomic E-state index is 1.08. The van der Waals surface area contributed by atoms with Crippen molar-refractivity contribution in [1.29, 1.82) is 0 Å². The first-order chi connectivity index (χ1) is 2.91. The van der Waals surface area contributed by atoms with Crippen molar-refractivity contribution in [3.05, 3.63) is 12.2 Å². The van der Waals surface area contributed by atoms with Crippen molar-refractivity contribution >= 4 is 15.9 Å². The van der Waals surface area contributed by atoms with Crippen LogP contribution < -0.4 is 0 Å². The molecule has 0 aromatic heterocycles. The Labute approximate surface area is 47.4 Å². The van der Waals surface area contributed by atoms with Crippen LogP contribution >= 0.6 is 15.9 Å². The number of hydrogen-bond acceptors (Lipinski definition) is 0. The highest BCUT2D eigenvalue weighted by atomic mass is 79.9. The lowest BCUT2D eigenvalue weighted by Crippen LogP contribution is -1.61. The molecule has 0 nitrogen and oxygen atoms in total. The number of rotatable bonds is 2. The molecule has 36 valence electrons. The Hall–Kier alpha value is 0.220. The first-order valence-electron chi connectivity index (χ1n) is 2.09. The smallest absolute Gasteiger partial charge is 0.00659 e. The van der Waals surface area contributed by atoms with Crippen molar-refractivity contribution in [2.45, 2.75) is 13.3 Å². The van der Waals surface area contributed by atoms with E-state index in [2.05, 4.69) is 28.1 Å². The van der Waals surface area contributed by atoms with Crippen LogP contribution in [-0.2, 0) is 0 Å². The van der Waals surface area contributed by atoms with Gasteiger partial charge in [-0.05, 0) is 13.3 Å². The normalized spacial score (nSPS) is 10.3. The third-order valence-corrected chi connectivity index (χ3v) is 0.969. The van der Waals surface area contributed by atoms with Crippen molar-refractivity contribution in [1.82, 2.24) is 0 Å². The van der Waals surface area contributed by atoms with Crippen LogP contribution in [0.5, 0.6) is 0 Å². The lowest BCUT2D eigenvalue weighted by atomic mass is 10.4. The zero-order valence-corrected chi connectivity index (χ0v) is 5.53. The standard InChI is InChI=1S/C5H9Br/c1-2-3-4-5-6/h2-3H,4-5H2,1H3/b3-2+. The molecule has 0 saturated heterocycles. The molecule has 0 aliphatic heterocycles. The molecule has 0 fully saturated rings. The Morgan fingerprint density at radius 3 is 2.50 bits per heavy atom. The molecule has 1 heteroatoms. The van der Waals surface area contributed by atoms with E-state index in [1.807, 2.05) is 6.92 Å². The lowest BCUT2D eigenvalue weighted by Gasteiger charge is -1.74. The van der Waals surface area contributed by atoms with E-state index in [4.69, 9.17) is 0 Å². The van der Waals surface area contributed by atoms with Gasteiger partial charge in [0.15, 0.2) is 0 Å². The number of alkyl halides is 1. The van der Waals surface area contributed by atoms with Gasteiger partial charge in [0, 0.05) is 5.33 Å². The molecule has 0 bridgehead atoms. The van der Waals surface area contributed by atoms with Gasteiger partial charge in [0.25, 0.3) is 0 Å². The molecular formula is C5H9Br. The molecule has 0 unspecified atom stereocenters. The van der Waals surface area contributed by atoms with E-state index in [1.54, 1.807) is 0 Å². The summed E-state index contributed by atoms with van der Waals surface area (Å²) < 4.78 is 0. The summed E-state index contributed by atoms with van der Waals surface area (Å²) in [5, 5.41) is 1.08. The molecule has 0 N–H and O–H groups in total. The zero-order valence-electron chi connectivity index (χ0n) is 3.95. The number of hydrogen-bond donors (Lipinski definition) is 0. The van der Waals surface area contributed by atoms with Gasteiger partial charge in [0.2, 0.25) is 0 Å². The van der Waals surface area contributed by atoms with E-state index in [0.29, 0.717) is 0 Å². The van der Waals surface area contributed by atoms with Crippen LogP contribution in [0.1, 0.15) is 13.3 Å². The van der Waals surface area contributed by atoms with Crippen LogP contribution in [0.15, 0.2) is 12.2 Å². The molecule has 0 spiro atoms. The minimum atomic E-state index is 1.08. The van der Waals surface area contributed by atoms with Gasteiger partial charge in [-0.3, -0.25) is 0 Å². The summed E-state index contributed by atoms with van der Waals surface area (Å²) in [6.07, 6.45) is 5.34. The topological polar surface area (TPSA) is 0 Å². The predicted octanol–water partition coefficient (Wildman–Crippen LogP) is 2.35. The van der Waals surface area contributed by atoms with Crippen molar-refractivity contribution in [3.8, 4) is 0 Å². The molecule has 6 heavy (non-hydrogen) atoms. The first-order valence-corrected chi connectivity index (χ1v) is 3.21. The molecule has 0 amide bonds. The highest BCUT2D eigenvalue weighted by Gasteiger charge is 1.66. The SMILES string of the molecule is C/C=C/CCBr. The summed E-state index contributed by atoms with van der Waals surface area (Å²) in [6.45, 7) is 2.03. The molecular weight excluding hydrogens is 140 g/mol. The number of allylic oxidation sites excluding steroid dienone is 2. The average molecular weight is 149 g/mol. The summed E-state index contributed by atoms with van der Waals surface area (Å²) >= 11 is 3.30. The Morgan fingerprint density at radius 2 is 2.33 bits per heavy atom. The van der Waals surface area contributed by atoms with Crippen LogP contribution in [0.25, 0.3) is 0 Å². The largest absolute Gasteiger partial charge is 0.0925 e. The first kappa shape index (κ1) is 6.22. The molecule has 0 rings (SSSR count). The van der Waals surface area contributed by atoms with E-state index in [9.17, 15) is 0 Å². The van der Waals surface area contributed by atoms with Gasteiger partial charge in [-0.25, -0.2) is 0 Å². The fourth-order valence-corrected chi connectivity index (χ4v) is 0.494. The quantitative estimate of drug-likeness (QED) is 0.417. The Bertz CT molecular complexity index is 39.2. The Morgan fingerprint density at radius 1 is 1.67 bits per heavy atom. The fraction of sp³-hybridized carbons (Fsp3) is 0.600. The van der Waals surface area contributed by atoms with Crippen molar-refractivity contribution in [3.63, 3.8) is 0 Å². The van der Waals surface area contributed by atoms with E-state index in [0.717, 1.165) is 11.8 Å². The fourth-order valence-electron chi connectivity index (χ4n) is 0.230. The van der Waals surface area contributed by atoms with Gasteiger partial charge in [-0.15, -0.1) is 0 Å². The van der Waals surface area contributed by atoms with Crippen molar-refractivity contribution in [2.24, 2.45) is 0 Å². The second-order valence-corrected chi connectivity index (χ2v) is 1.84. The molecule has 0 radical (unpaired) electrons. The van der Waals surface area contributed by atoms with Crippen molar-refractivity contribution in [2.75, 3.05) is 5.33 Å². The summed E-state index contributed by atoms with van der Waals surface area (Å²) in [7, 11) is 0. The molecule has 0 aromatic rings. The minimum Gasteiger partial charge on any atom is -0.0925 e. The van der Waals surface area contributed by atoms with Gasteiger partial charge < -0.3 is 0 Å². The van der Waals surface area contributed by atoms with Crippen LogP contribution in [0.4, 0.5) is 0 Å². The number of halogens is 1. The van der Waals surface area contributed by atoms with E-state index < -0.39 is 0 Å². The molecule has 0 atom stereocenters. The summed E-state index contributed by atoms with van der Waals surface area (Å²) in [5.74, 6) is 0. The van der Waals surface area contributed by atoms with E-state index in [-0.39, 0.29) is 0 Å². The third-order valence-electron chi connectivity index (χ3n) is 0.511. The van der Waals surface area contributed by atoms with Gasteiger partial charge in [0.05, 0.1) is 0 Å². The maximum atomic E-state index is 3.30. The molecule has 0 aliphatic carbocycles. The van der Waals surface area contributed by atoms with Crippen molar-refractivity contribution < 1.29 is 0 Å². The summed E-state index contributed by atoms with van der Waals surface area (Å²) in [4.78, 5) is 0. The maximum absolute atomic E-state index is 3.30. The molecule has 0 saturated carbocycles. The molecule has 0 heterocycles. The molecule has 0 aromatic carbocycles. The summed E-state index contributed by atoms with van der Waals surface area (Å²) in [5.41, 5.74) is 0. The van der Waals surface area contributed by atoms with Crippen LogP contribution in [0.3, 0.4) is 0 Å². The Kier molecular flexibility index (Phi) is 5.41. The highest BCUT2D eigenvalue weighted by molar-refractivity contribution is 9.09. The van der Waals surface area contributed by atoms with Crippen LogP contribution in [0.2, 0.25) is 0 Å². The average Bonchev–Trinajstić information content (AvgIpc) is 1.61. The van der Waals surface area contributed by atoms with Gasteiger partial charge in [-0.1, -0.05) is 28.1 Å². The highest BCUT2D eigenvalue weighted by Crippen LogP contribution is 1.86. The maximum Gasteiger partial charge on any atom is 0.00659 e. The molecule has 0 aliphatic rings. The lowest BCUT2D eigenvalue weighted by molar-refractivity contribution is 1.25. The van der Waals surface area contributed by atoms with Crippen LogP contribution in [-0.4, -0.2) is 5.33 Å². The van der Waals surface area contributed by atoms with Crippen LogP contribution in [0, 0.1) is 0 Å². The van der Waals surface area contributed by atoms with Gasteiger partial charge >= 0.3 is 0 Å². The summed E-state index contributed by atoms with van der Waals surface area (Å²) in [6, 6.07) is 0. The van der Waals surface area contributed by atoms with E-state index in [1.165, 1.54) is 0 Å². The monoisotopic (exact) mass is 148 g/mol. The third kappa shape index (κ3) is 4.22. The van der Waals surface area contributed by atoms with Gasteiger partial charge in [-0.2, -0.15) is 0 Å². The van der Waals surface area contributed by atoms with Gasteiger partial charge in [0.1, 0.15) is 0 Å². The van der Waals surface area contributed by atoms with E-state index >= 15 is 0 Å².